The Kier molecular flexibility index (Phi) is 4.28. The van der Waals surface area contributed by atoms with Crippen molar-refractivity contribution in [2.75, 3.05) is 24.5 Å². The highest BCUT2D eigenvalue weighted by molar-refractivity contribution is 9.10. The third kappa shape index (κ3) is 2.69. The van der Waals surface area contributed by atoms with Gasteiger partial charge in [-0.1, -0.05) is 13.8 Å². The molecule has 2 rings (SSSR count). The molecule has 100 valence electrons. The molecule has 1 aromatic carbocycles. The molecule has 1 heterocycles. The Balaban J connectivity index is 2.36. The number of piperazine rings is 1. The van der Waals surface area contributed by atoms with E-state index in [9.17, 15) is 4.39 Å². The van der Waals surface area contributed by atoms with Crippen LogP contribution < -0.4 is 10.2 Å². The van der Waals surface area contributed by atoms with Crippen molar-refractivity contribution in [3.8, 4) is 0 Å². The summed E-state index contributed by atoms with van der Waals surface area (Å²) in [6.45, 7) is 9.40. The molecule has 0 aliphatic carbocycles. The smallest absolute Gasteiger partial charge is 0.137 e. The first kappa shape index (κ1) is 13.8. The molecule has 1 unspecified atom stereocenters. The molecular formula is C14H20BrFN2. The van der Waals surface area contributed by atoms with Crippen molar-refractivity contribution < 1.29 is 4.39 Å². The molecule has 18 heavy (non-hydrogen) atoms. The number of halogens is 2. The van der Waals surface area contributed by atoms with Crippen LogP contribution >= 0.6 is 15.9 Å². The second kappa shape index (κ2) is 5.57. The molecule has 1 aliphatic rings. The molecule has 0 bridgehead atoms. The van der Waals surface area contributed by atoms with E-state index in [1.807, 2.05) is 13.0 Å². The monoisotopic (exact) mass is 314 g/mol. The lowest BCUT2D eigenvalue weighted by Gasteiger charge is -2.41. The van der Waals surface area contributed by atoms with Gasteiger partial charge in [-0.2, -0.15) is 0 Å². The fourth-order valence-corrected chi connectivity index (χ4v) is 2.90. The van der Waals surface area contributed by atoms with Crippen LogP contribution in [0, 0.1) is 18.7 Å². The summed E-state index contributed by atoms with van der Waals surface area (Å²) in [5.41, 5.74) is 2.15. The first-order valence-corrected chi connectivity index (χ1v) is 7.23. The van der Waals surface area contributed by atoms with Crippen LogP contribution in [0.25, 0.3) is 0 Å². The minimum atomic E-state index is -0.188. The lowest BCUT2D eigenvalue weighted by atomic mass is 9.99. The van der Waals surface area contributed by atoms with Gasteiger partial charge in [-0.3, -0.25) is 0 Å². The molecule has 0 spiro atoms. The maximum Gasteiger partial charge on any atom is 0.137 e. The van der Waals surface area contributed by atoms with Gasteiger partial charge in [0, 0.05) is 31.4 Å². The van der Waals surface area contributed by atoms with E-state index in [0.29, 0.717) is 16.4 Å². The summed E-state index contributed by atoms with van der Waals surface area (Å²) < 4.78 is 14.1. The Morgan fingerprint density at radius 1 is 1.44 bits per heavy atom. The van der Waals surface area contributed by atoms with E-state index in [1.54, 1.807) is 6.07 Å². The Hall–Kier alpha value is -0.610. The zero-order valence-corrected chi connectivity index (χ0v) is 12.7. The first-order valence-electron chi connectivity index (χ1n) is 6.43. The van der Waals surface area contributed by atoms with Crippen LogP contribution in [-0.2, 0) is 0 Å². The van der Waals surface area contributed by atoms with Crippen LogP contribution in [0.5, 0.6) is 0 Å². The Morgan fingerprint density at radius 3 is 2.83 bits per heavy atom. The summed E-state index contributed by atoms with van der Waals surface area (Å²) in [6.07, 6.45) is 0. The van der Waals surface area contributed by atoms with Crippen LogP contribution in [0.3, 0.4) is 0 Å². The Bertz CT molecular complexity index is 434. The molecule has 4 heteroatoms. The fraction of sp³-hybridized carbons (Fsp3) is 0.571. The highest BCUT2D eigenvalue weighted by Crippen LogP contribution is 2.30. The predicted octanol–water partition coefficient (Wildman–Crippen LogP) is 3.33. The summed E-state index contributed by atoms with van der Waals surface area (Å²) in [7, 11) is 0. The van der Waals surface area contributed by atoms with Gasteiger partial charge in [0.05, 0.1) is 4.47 Å². The van der Waals surface area contributed by atoms with Gasteiger partial charge < -0.3 is 10.2 Å². The van der Waals surface area contributed by atoms with Crippen molar-refractivity contribution >= 4 is 21.6 Å². The summed E-state index contributed by atoms with van der Waals surface area (Å²) in [5, 5.41) is 3.43. The van der Waals surface area contributed by atoms with Crippen LogP contribution in [0.1, 0.15) is 19.4 Å². The first-order chi connectivity index (χ1) is 8.50. The number of benzene rings is 1. The lowest BCUT2D eigenvalue weighted by Crippen LogP contribution is -2.54. The minimum absolute atomic E-state index is 0.188. The summed E-state index contributed by atoms with van der Waals surface area (Å²) >= 11 is 3.29. The van der Waals surface area contributed by atoms with Crippen LogP contribution in [0.15, 0.2) is 16.6 Å². The van der Waals surface area contributed by atoms with Crippen LogP contribution in [-0.4, -0.2) is 25.7 Å². The second-order valence-corrected chi connectivity index (χ2v) is 6.12. The van der Waals surface area contributed by atoms with Gasteiger partial charge in [0.15, 0.2) is 0 Å². The van der Waals surface area contributed by atoms with Gasteiger partial charge in [0.2, 0.25) is 0 Å². The third-order valence-corrected chi connectivity index (χ3v) is 4.21. The molecule has 1 fully saturated rings. The van der Waals surface area contributed by atoms with Crippen molar-refractivity contribution in [1.29, 1.82) is 0 Å². The molecule has 0 amide bonds. The molecule has 0 saturated carbocycles. The van der Waals surface area contributed by atoms with Gasteiger partial charge in [0.25, 0.3) is 0 Å². The normalized spacial score (nSPS) is 20.6. The molecule has 1 saturated heterocycles. The average Bonchev–Trinajstić information content (AvgIpc) is 2.34. The molecule has 2 nitrogen and oxygen atoms in total. The molecular weight excluding hydrogens is 295 g/mol. The Labute approximate surface area is 117 Å². The zero-order chi connectivity index (χ0) is 13.3. The van der Waals surface area contributed by atoms with E-state index in [4.69, 9.17) is 0 Å². The Morgan fingerprint density at radius 2 is 2.17 bits per heavy atom. The number of aryl methyl sites for hydroxylation is 1. The van der Waals surface area contributed by atoms with Gasteiger partial charge in [-0.15, -0.1) is 0 Å². The van der Waals surface area contributed by atoms with E-state index in [2.05, 4.69) is 40.0 Å². The minimum Gasteiger partial charge on any atom is -0.365 e. The van der Waals surface area contributed by atoms with Gasteiger partial charge in [0.1, 0.15) is 5.82 Å². The van der Waals surface area contributed by atoms with Crippen molar-refractivity contribution in [2.45, 2.75) is 26.8 Å². The van der Waals surface area contributed by atoms with Crippen molar-refractivity contribution in [2.24, 2.45) is 5.92 Å². The highest BCUT2D eigenvalue weighted by atomic mass is 79.9. The molecule has 1 aromatic rings. The van der Waals surface area contributed by atoms with E-state index in [1.165, 1.54) is 0 Å². The van der Waals surface area contributed by atoms with Crippen LogP contribution in [0.4, 0.5) is 10.1 Å². The predicted molar refractivity (Wildman–Crippen MR) is 77.7 cm³/mol. The summed E-state index contributed by atoms with van der Waals surface area (Å²) in [6, 6.07) is 3.99. The average molecular weight is 315 g/mol. The molecule has 0 aromatic heterocycles. The number of anilines is 1. The number of hydrogen-bond acceptors (Lipinski definition) is 2. The molecule has 1 N–H and O–H groups in total. The van der Waals surface area contributed by atoms with Crippen molar-refractivity contribution in [3.63, 3.8) is 0 Å². The van der Waals surface area contributed by atoms with Crippen LogP contribution in [0.2, 0.25) is 0 Å². The molecule has 1 atom stereocenters. The number of nitrogens with one attached hydrogen (secondary N) is 1. The van der Waals surface area contributed by atoms with E-state index in [-0.39, 0.29) is 5.82 Å². The maximum absolute atomic E-state index is 13.5. The van der Waals surface area contributed by atoms with Crippen molar-refractivity contribution in [1.82, 2.24) is 5.32 Å². The van der Waals surface area contributed by atoms with Gasteiger partial charge in [-0.25, -0.2) is 4.39 Å². The highest BCUT2D eigenvalue weighted by Gasteiger charge is 2.26. The summed E-state index contributed by atoms with van der Waals surface area (Å²) in [4.78, 5) is 2.40. The molecule has 0 radical (unpaired) electrons. The van der Waals surface area contributed by atoms with E-state index < -0.39 is 0 Å². The second-order valence-electron chi connectivity index (χ2n) is 5.26. The number of nitrogens with zero attached hydrogens (tertiary/aromatic N) is 1. The largest absolute Gasteiger partial charge is 0.365 e. The van der Waals surface area contributed by atoms with Crippen molar-refractivity contribution in [3.05, 3.63) is 28.0 Å². The topological polar surface area (TPSA) is 15.3 Å². The van der Waals surface area contributed by atoms with Gasteiger partial charge in [-0.05, 0) is 46.5 Å². The van der Waals surface area contributed by atoms with E-state index >= 15 is 0 Å². The van der Waals surface area contributed by atoms with E-state index in [0.717, 1.165) is 30.9 Å². The standard InChI is InChI=1S/C14H20BrFN2/c1-9(2)14-8-17-4-5-18(14)13-7-11(15)12(16)6-10(13)3/h6-7,9,14,17H,4-5,8H2,1-3H3. The molecule has 1 aliphatic heterocycles. The SMILES string of the molecule is Cc1cc(F)c(Br)cc1N1CCNCC1C(C)C. The summed E-state index contributed by atoms with van der Waals surface area (Å²) in [5.74, 6) is 0.383. The number of rotatable bonds is 2. The van der Waals surface area contributed by atoms with Gasteiger partial charge >= 0.3 is 0 Å². The maximum atomic E-state index is 13.5. The lowest BCUT2D eigenvalue weighted by molar-refractivity contribution is 0.390. The quantitative estimate of drug-likeness (QED) is 0.900. The fourth-order valence-electron chi connectivity index (χ4n) is 2.57. The zero-order valence-electron chi connectivity index (χ0n) is 11.1. The number of hydrogen-bond donors (Lipinski definition) is 1. The third-order valence-electron chi connectivity index (χ3n) is 3.60.